The van der Waals surface area contributed by atoms with Gasteiger partial charge in [0, 0.05) is 5.39 Å². The smallest absolute Gasteiger partial charge is 0.123 e. The van der Waals surface area contributed by atoms with E-state index in [0.717, 1.165) is 16.5 Å². The zero-order chi connectivity index (χ0) is 10.7. The summed E-state index contributed by atoms with van der Waals surface area (Å²) in [6, 6.07) is 11.1. The van der Waals surface area contributed by atoms with E-state index in [0.29, 0.717) is 6.61 Å². The van der Waals surface area contributed by atoms with E-state index >= 15 is 0 Å². The Hall–Kier alpha value is -1.96. The monoisotopic (exact) mass is 200 g/mol. The van der Waals surface area contributed by atoms with Gasteiger partial charge in [-0.1, -0.05) is 30.9 Å². The topological polar surface area (TPSA) is 29.5 Å². The molecular formula is C13H12O2. The molecule has 0 bridgehead atoms. The minimum atomic E-state index is 0.275. The Kier molecular flexibility index (Phi) is 2.59. The minimum Gasteiger partial charge on any atom is -0.507 e. The lowest BCUT2D eigenvalue weighted by Gasteiger charge is -2.05. The van der Waals surface area contributed by atoms with Crippen molar-refractivity contribution in [1.29, 1.82) is 0 Å². The van der Waals surface area contributed by atoms with Gasteiger partial charge in [0.1, 0.15) is 18.1 Å². The first kappa shape index (κ1) is 9.59. The van der Waals surface area contributed by atoms with E-state index in [2.05, 4.69) is 6.58 Å². The number of phenols is 1. The summed E-state index contributed by atoms with van der Waals surface area (Å²) in [6.07, 6.45) is 1.69. The second-order valence-electron chi connectivity index (χ2n) is 3.26. The summed E-state index contributed by atoms with van der Waals surface area (Å²) in [4.78, 5) is 0. The quantitative estimate of drug-likeness (QED) is 0.771. The van der Waals surface area contributed by atoms with Gasteiger partial charge in [0.15, 0.2) is 0 Å². The van der Waals surface area contributed by atoms with Crippen LogP contribution in [-0.2, 0) is 0 Å². The Morgan fingerprint density at radius 3 is 2.93 bits per heavy atom. The van der Waals surface area contributed by atoms with E-state index < -0.39 is 0 Å². The van der Waals surface area contributed by atoms with Gasteiger partial charge in [-0.25, -0.2) is 0 Å². The molecular weight excluding hydrogens is 188 g/mol. The van der Waals surface area contributed by atoms with Gasteiger partial charge in [0.05, 0.1) is 0 Å². The number of fused-ring (bicyclic) bond motifs is 1. The molecule has 0 saturated heterocycles. The Morgan fingerprint density at radius 2 is 2.13 bits per heavy atom. The van der Waals surface area contributed by atoms with Crippen LogP contribution in [-0.4, -0.2) is 11.7 Å². The molecule has 0 saturated carbocycles. The van der Waals surface area contributed by atoms with Gasteiger partial charge in [0.25, 0.3) is 0 Å². The molecule has 0 unspecified atom stereocenters. The maximum absolute atomic E-state index is 9.65. The SMILES string of the molecule is C=CCOc1ccc2cccc(O)c2c1. The second-order valence-corrected chi connectivity index (χ2v) is 3.26. The molecule has 1 N–H and O–H groups in total. The van der Waals surface area contributed by atoms with Crippen molar-refractivity contribution in [2.75, 3.05) is 6.61 Å². The van der Waals surface area contributed by atoms with E-state index in [1.54, 1.807) is 12.1 Å². The van der Waals surface area contributed by atoms with Crippen molar-refractivity contribution in [3.8, 4) is 11.5 Å². The summed E-state index contributed by atoms with van der Waals surface area (Å²) in [5, 5.41) is 11.5. The van der Waals surface area contributed by atoms with Gasteiger partial charge in [-0.15, -0.1) is 0 Å². The molecule has 0 fully saturated rings. The number of hydrogen-bond donors (Lipinski definition) is 1. The summed E-state index contributed by atoms with van der Waals surface area (Å²) in [7, 11) is 0. The van der Waals surface area contributed by atoms with Crippen LogP contribution < -0.4 is 4.74 Å². The molecule has 2 heteroatoms. The van der Waals surface area contributed by atoms with Crippen LogP contribution in [0, 0.1) is 0 Å². The summed E-state index contributed by atoms with van der Waals surface area (Å²) >= 11 is 0. The number of phenolic OH excluding ortho intramolecular Hbond substituents is 1. The zero-order valence-electron chi connectivity index (χ0n) is 8.31. The highest BCUT2D eigenvalue weighted by atomic mass is 16.5. The number of aromatic hydroxyl groups is 1. The number of rotatable bonds is 3. The van der Waals surface area contributed by atoms with Crippen LogP contribution in [0.4, 0.5) is 0 Å². The maximum Gasteiger partial charge on any atom is 0.123 e. The fourth-order valence-electron chi connectivity index (χ4n) is 1.48. The molecule has 0 aromatic heterocycles. The maximum atomic E-state index is 9.65. The van der Waals surface area contributed by atoms with Crippen molar-refractivity contribution < 1.29 is 9.84 Å². The largest absolute Gasteiger partial charge is 0.507 e. The normalized spacial score (nSPS) is 10.1. The lowest BCUT2D eigenvalue weighted by Crippen LogP contribution is -1.92. The summed E-state index contributed by atoms with van der Waals surface area (Å²) in [6.45, 7) is 4.05. The molecule has 0 aliphatic rings. The number of hydrogen-bond acceptors (Lipinski definition) is 2. The molecule has 2 aromatic carbocycles. The van der Waals surface area contributed by atoms with Crippen LogP contribution in [0.15, 0.2) is 49.1 Å². The molecule has 2 nitrogen and oxygen atoms in total. The number of benzene rings is 2. The summed E-state index contributed by atoms with van der Waals surface area (Å²) in [5.74, 6) is 1.01. The molecule has 15 heavy (non-hydrogen) atoms. The predicted octanol–water partition coefficient (Wildman–Crippen LogP) is 3.11. The molecule has 0 spiro atoms. The molecule has 0 aliphatic heterocycles. The van der Waals surface area contributed by atoms with E-state index in [-0.39, 0.29) is 5.75 Å². The molecule has 0 radical (unpaired) electrons. The first-order chi connectivity index (χ1) is 7.31. The third-order valence-corrected chi connectivity index (χ3v) is 2.20. The first-order valence-corrected chi connectivity index (χ1v) is 4.76. The van der Waals surface area contributed by atoms with Gasteiger partial charge >= 0.3 is 0 Å². The van der Waals surface area contributed by atoms with Crippen molar-refractivity contribution in [3.05, 3.63) is 49.1 Å². The van der Waals surface area contributed by atoms with Gasteiger partial charge in [-0.3, -0.25) is 0 Å². The van der Waals surface area contributed by atoms with E-state index in [1.165, 1.54) is 0 Å². The standard InChI is InChI=1S/C13H12O2/c1-2-8-15-11-7-6-10-4-3-5-13(14)12(10)9-11/h2-7,9,14H,1,8H2. The predicted molar refractivity (Wildman–Crippen MR) is 61.3 cm³/mol. The molecule has 76 valence electrons. The average Bonchev–Trinajstić information content (AvgIpc) is 2.27. The highest BCUT2D eigenvalue weighted by Gasteiger charge is 2.00. The van der Waals surface area contributed by atoms with Crippen LogP contribution in [0.25, 0.3) is 10.8 Å². The summed E-state index contributed by atoms with van der Waals surface area (Å²) < 4.78 is 5.39. The van der Waals surface area contributed by atoms with Crippen molar-refractivity contribution in [1.82, 2.24) is 0 Å². The number of ether oxygens (including phenoxy) is 1. The van der Waals surface area contributed by atoms with Crippen LogP contribution in [0.3, 0.4) is 0 Å². The minimum absolute atomic E-state index is 0.275. The van der Waals surface area contributed by atoms with Gasteiger partial charge in [-0.2, -0.15) is 0 Å². The lowest BCUT2D eigenvalue weighted by molar-refractivity contribution is 0.363. The Morgan fingerprint density at radius 1 is 1.27 bits per heavy atom. The van der Waals surface area contributed by atoms with Crippen LogP contribution in [0.2, 0.25) is 0 Å². The van der Waals surface area contributed by atoms with Gasteiger partial charge in [0.2, 0.25) is 0 Å². The highest BCUT2D eigenvalue weighted by molar-refractivity contribution is 5.89. The van der Waals surface area contributed by atoms with E-state index in [4.69, 9.17) is 4.74 Å². The van der Waals surface area contributed by atoms with Crippen molar-refractivity contribution in [3.63, 3.8) is 0 Å². The molecule has 0 heterocycles. The van der Waals surface area contributed by atoms with Crippen molar-refractivity contribution >= 4 is 10.8 Å². The molecule has 0 aliphatic carbocycles. The Labute approximate surface area is 88.4 Å². The molecule has 0 atom stereocenters. The van der Waals surface area contributed by atoms with Gasteiger partial charge < -0.3 is 9.84 Å². The van der Waals surface area contributed by atoms with Crippen LogP contribution >= 0.6 is 0 Å². The third-order valence-electron chi connectivity index (χ3n) is 2.20. The van der Waals surface area contributed by atoms with E-state index in [1.807, 2.05) is 30.3 Å². The zero-order valence-corrected chi connectivity index (χ0v) is 8.31. The average molecular weight is 200 g/mol. The fourth-order valence-corrected chi connectivity index (χ4v) is 1.48. The van der Waals surface area contributed by atoms with E-state index in [9.17, 15) is 5.11 Å². The Bertz CT molecular complexity index is 489. The highest BCUT2D eigenvalue weighted by Crippen LogP contribution is 2.27. The lowest BCUT2D eigenvalue weighted by atomic mass is 10.1. The summed E-state index contributed by atoms with van der Waals surface area (Å²) in [5.41, 5.74) is 0. The first-order valence-electron chi connectivity index (χ1n) is 4.76. The fraction of sp³-hybridized carbons (Fsp3) is 0.0769. The van der Waals surface area contributed by atoms with Crippen LogP contribution in [0.1, 0.15) is 0 Å². The third kappa shape index (κ3) is 1.94. The second kappa shape index (κ2) is 4.05. The van der Waals surface area contributed by atoms with Crippen LogP contribution in [0.5, 0.6) is 11.5 Å². The van der Waals surface area contributed by atoms with Crippen molar-refractivity contribution in [2.24, 2.45) is 0 Å². The molecule has 2 rings (SSSR count). The molecule has 0 amide bonds. The Balaban J connectivity index is 2.45. The molecule has 2 aromatic rings. The van der Waals surface area contributed by atoms with Crippen molar-refractivity contribution in [2.45, 2.75) is 0 Å². The van der Waals surface area contributed by atoms with Gasteiger partial charge in [-0.05, 0) is 23.6 Å².